The molecule has 0 fully saturated rings. The number of fused-ring (bicyclic) bond motifs is 12. The first-order valence-electron chi connectivity index (χ1n) is 21.7. The van der Waals surface area contributed by atoms with Crippen LogP contribution >= 0.6 is 11.8 Å². The molecule has 0 radical (unpaired) electrons. The number of benzene rings is 8. The van der Waals surface area contributed by atoms with E-state index < -0.39 is 0 Å². The lowest BCUT2D eigenvalue weighted by Crippen LogP contribution is -2.15. The van der Waals surface area contributed by atoms with Gasteiger partial charge in [0.15, 0.2) is 11.6 Å². The summed E-state index contributed by atoms with van der Waals surface area (Å²) in [6, 6.07) is 69.7. The Morgan fingerprint density at radius 1 is 0.328 bits per heavy atom. The number of hydrogen-bond donors (Lipinski definition) is 0. The van der Waals surface area contributed by atoms with Crippen LogP contribution in [0.2, 0.25) is 0 Å². The molecule has 0 saturated heterocycles. The molecule has 3 heterocycles. The Bertz CT molecular complexity index is 3430. The average Bonchev–Trinajstić information content (AvgIpc) is 3.58. The van der Waals surface area contributed by atoms with Crippen LogP contribution in [0.15, 0.2) is 216 Å². The summed E-state index contributed by atoms with van der Waals surface area (Å²) in [5.74, 6) is 1.30. The molecule has 0 atom stereocenters. The van der Waals surface area contributed by atoms with E-state index in [0.717, 1.165) is 44.8 Å². The molecular formula is C59H40N4S. The molecule has 0 unspecified atom stereocenters. The topological polar surface area (TPSA) is 51.6 Å². The van der Waals surface area contributed by atoms with E-state index in [2.05, 4.69) is 153 Å². The smallest absolute Gasteiger partial charge is 0.160 e. The van der Waals surface area contributed by atoms with Crippen molar-refractivity contribution >= 4 is 11.8 Å². The summed E-state index contributed by atoms with van der Waals surface area (Å²) in [4.78, 5) is 22.6. The standard InChI is InChI=1S/C59H40N4S/c1-59(2)51-27-15-13-25-46(51)49-32-50-48-31-39(58-62-53(37-17-5-3-6-18-37)34-54(63-58)40-35-60-57(61-36-40)38-19-7-4-8-20-38)29-30-45(48)43-23-10-9-21-41(43)42-22-11-12-24-44(42)47-26-14-16-28-55(47)64-56(50)33-52(49)59/h3-36H,1-2H3. The molecule has 302 valence electrons. The molecule has 0 saturated carbocycles. The molecule has 0 spiro atoms. The number of aromatic nitrogens is 4. The Morgan fingerprint density at radius 2 is 0.859 bits per heavy atom. The summed E-state index contributed by atoms with van der Waals surface area (Å²) in [5, 5.41) is 0. The van der Waals surface area contributed by atoms with E-state index in [4.69, 9.17) is 19.9 Å². The lowest BCUT2D eigenvalue weighted by atomic mass is 9.81. The zero-order chi connectivity index (χ0) is 42.8. The van der Waals surface area contributed by atoms with E-state index in [0.29, 0.717) is 11.6 Å². The maximum atomic E-state index is 5.31. The number of nitrogens with zero attached hydrogens (tertiary/aromatic N) is 4. The second-order valence-electron chi connectivity index (χ2n) is 17.0. The van der Waals surface area contributed by atoms with E-state index >= 15 is 0 Å². The van der Waals surface area contributed by atoms with Crippen molar-refractivity contribution in [2.24, 2.45) is 0 Å². The Balaban J connectivity index is 1.13. The van der Waals surface area contributed by atoms with Crippen molar-refractivity contribution in [3.05, 3.63) is 218 Å². The molecule has 10 aromatic rings. The zero-order valence-corrected chi connectivity index (χ0v) is 36.1. The van der Waals surface area contributed by atoms with E-state index in [1.807, 2.05) is 78.8 Å². The molecular weight excluding hydrogens is 797 g/mol. The highest BCUT2D eigenvalue weighted by Crippen LogP contribution is 2.55. The maximum Gasteiger partial charge on any atom is 0.160 e. The van der Waals surface area contributed by atoms with Gasteiger partial charge in [-0.25, -0.2) is 19.9 Å². The van der Waals surface area contributed by atoms with Gasteiger partial charge in [0, 0.05) is 49.9 Å². The molecule has 2 aliphatic rings. The third-order valence-corrected chi connectivity index (χ3v) is 14.0. The van der Waals surface area contributed by atoms with Gasteiger partial charge in [-0.15, -0.1) is 0 Å². The van der Waals surface area contributed by atoms with E-state index in [1.165, 1.54) is 65.4 Å². The minimum atomic E-state index is -0.164. The monoisotopic (exact) mass is 836 g/mol. The van der Waals surface area contributed by atoms with Crippen LogP contribution in [0.5, 0.6) is 0 Å². The highest BCUT2D eigenvalue weighted by molar-refractivity contribution is 7.99. The Morgan fingerprint density at radius 3 is 1.53 bits per heavy atom. The van der Waals surface area contributed by atoms with Crippen LogP contribution in [0.1, 0.15) is 25.0 Å². The lowest BCUT2D eigenvalue weighted by Gasteiger charge is -2.23. The Kier molecular flexibility index (Phi) is 9.06. The SMILES string of the molecule is CC1(C)c2ccccc2-c2cc3c(cc21)Sc1ccccc1-c1ccccc1-c1ccccc1-c1ccc(-c2nc(-c4ccccc4)cc(-c4cnc(-c5ccccc5)nc4)n2)cc1-3. The quantitative estimate of drug-likeness (QED) is 0.177. The molecule has 2 aromatic heterocycles. The van der Waals surface area contributed by atoms with E-state index in [-0.39, 0.29) is 5.41 Å². The predicted molar refractivity (Wildman–Crippen MR) is 263 cm³/mol. The first-order chi connectivity index (χ1) is 31.5. The first kappa shape index (κ1) is 38.0. The van der Waals surface area contributed by atoms with Gasteiger partial charge in [-0.2, -0.15) is 0 Å². The minimum Gasteiger partial charge on any atom is -0.236 e. The van der Waals surface area contributed by atoms with Gasteiger partial charge in [-0.1, -0.05) is 189 Å². The fourth-order valence-corrected chi connectivity index (χ4v) is 10.8. The predicted octanol–water partition coefficient (Wildman–Crippen LogP) is 15.4. The van der Waals surface area contributed by atoms with Crippen LogP contribution < -0.4 is 0 Å². The van der Waals surface area contributed by atoms with Crippen molar-refractivity contribution in [1.29, 1.82) is 0 Å². The highest BCUT2D eigenvalue weighted by Gasteiger charge is 2.37. The van der Waals surface area contributed by atoms with Crippen LogP contribution in [0.3, 0.4) is 0 Å². The van der Waals surface area contributed by atoms with Crippen molar-refractivity contribution in [3.8, 4) is 101 Å². The van der Waals surface area contributed by atoms with Gasteiger partial charge in [0.05, 0.1) is 11.4 Å². The van der Waals surface area contributed by atoms with Crippen LogP contribution in [-0.4, -0.2) is 19.9 Å². The molecule has 8 aromatic carbocycles. The van der Waals surface area contributed by atoms with Crippen molar-refractivity contribution in [2.75, 3.05) is 0 Å². The van der Waals surface area contributed by atoms with Crippen molar-refractivity contribution in [2.45, 2.75) is 29.1 Å². The molecule has 0 bridgehead atoms. The summed E-state index contributed by atoms with van der Waals surface area (Å²) < 4.78 is 0. The summed E-state index contributed by atoms with van der Waals surface area (Å²) in [7, 11) is 0. The molecule has 0 amide bonds. The van der Waals surface area contributed by atoms with Crippen molar-refractivity contribution < 1.29 is 0 Å². The number of rotatable bonds is 4. The fourth-order valence-electron chi connectivity index (χ4n) is 9.64. The van der Waals surface area contributed by atoms with E-state index in [1.54, 1.807) is 0 Å². The van der Waals surface area contributed by atoms with Gasteiger partial charge in [0.25, 0.3) is 0 Å². The van der Waals surface area contributed by atoms with Crippen LogP contribution in [0.25, 0.3) is 101 Å². The van der Waals surface area contributed by atoms with Crippen LogP contribution in [0.4, 0.5) is 0 Å². The largest absolute Gasteiger partial charge is 0.236 e. The van der Waals surface area contributed by atoms with Gasteiger partial charge in [-0.05, 0) is 97.1 Å². The van der Waals surface area contributed by atoms with Gasteiger partial charge in [0.2, 0.25) is 0 Å². The third-order valence-electron chi connectivity index (χ3n) is 12.9. The first-order valence-corrected chi connectivity index (χ1v) is 22.5. The summed E-state index contributed by atoms with van der Waals surface area (Å²) in [5.41, 5.74) is 19.8. The fraction of sp³-hybridized carbons (Fsp3) is 0.0508. The second-order valence-corrected chi connectivity index (χ2v) is 18.1. The molecule has 1 aliphatic carbocycles. The minimum absolute atomic E-state index is 0.164. The molecule has 5 heteroatoms. The van der Waals surface area contributed by atoms with Gasteiger partial charge < -0.3 is 0 Å². The summed E-state index contributed by atoms with van der Waals surface area (Å²) in [6.07, 6.45) is 3.73. The number of hydrogen-bond acceptors (Lipinski definition) is 5. The van der Waals surface area contributed by atoms with Crippen LogP contribution in [-0.2, 0) is 5.41 Å². The molecule has 64 heavy (non-hydrogen) atoms. The average molecular weight is 837 g/mol. The van der Waals surface area contributed by atoms with Crippen molar-refractivity contribution in [1.82, 2.24) is 19.9 Å². The molecule has 1 aliphatic heterocycles. The Labute approximate surface area is 377 Å². The van der Waals surface area contributed by atoms with Crippen LogP contribution in [0, 0.1) is 0 Å². The summed E-state index contributed by atoms with van der Waals surface area (Å²) >= 11 is 1.86. The molecule has 0 N–H and O–H groups in total. The van der Waals surface area contributed by atoms with Gasteiger partial charge >= 0.3 is 0 Å². The lowest BCUT2D eigenvalue weighted by molar-refractivity contribution is 0.659. The third kappa shape index (κ3) is 6.39. The molecule has 4 nitrogen and oxygen atoms in total. The zero-order valence-electron chi connectivity index (χ0n) is 35.3. The normalized spacial score (nSPS) is 12.9. The Hall–Kier alpha value is -7.73. The maximum absolute atomic E-state index is 5.31. The highest BCUT2D eigenvalue weighted by atomic mass is 32.2. The van der Waals surface area contributed by atoms with Crippen molar-refractivity contribution in [3.63, 3.8) is 0 Å². The van der Waals surface area contributed by atoms with Gasteiger partial charge in [-0.3, -0.25) is 0 Å². The second kappa shape index (κ2) is 15.3. The summed E-state index contributed by atoms with van der Waals surface area (Å²) in [6.45, 7) is 4.72. The van der Waals surface area contributed by atoms with Gasteiger partial charge in [0.1, 0.15) is 0 Å². The molecule has 12 rings (SSSR count). The van der Waals surface area contributed by atoms with E-state index in [9.17, 15) is 0 Å².